The van der Waals surface area contributed by atoms with Crippen molar-refractivity contribution < 1.29 is 27.6 Å². The molecule has 1 aliphatic rings. The van der Waals surface area contributed by atoms with Crippen LogP contribution in [-0.4, -0.2) is 42.1 Å². The summed E-state index contributed by atoms with van der Waals surface area (Å²) in [5.41, 5.74) is 0.454. The van der Waals surface area contributed by atoms with Crippen LogP contribution >= 0.6 is 0 Å². The Balaban J connectivity index is 2.52. The van der Waals surface area contributed by atoms with Gasteiger partial charge in [0.05, 0.1) is 11.1 Å². The molecule has 0 fully saturated rings. The fraction of sp³-hybridized carbons (Fsp3) is 0.273. The Hall–Kier alpha value is -1.54. The summed E-state index contributed by atoms with van der Waals surface area (Å²) in [6, 6.07) is 4.67. The first-order valence-corrected chi connectivity index (χ1v) is 6.87. The third-order valence-electron chi connectivity index (χ3n) is 2.80. The van der Waals surface area contributed by atoms with Gasteiger partial charge in [-0.05, 0) is 12.1 Å². The van der Waals surface area contributed by atoms with E-state index in [0.717, 1.165) is 0 Å². The number of fused-ring (bicyclic) bond motifs is 1. The van der Waals surface area contributed by atoms with Gasteiger partial charge in [-0.3, -0.25) is 0 Å². The van der Waals surface area contributed by atoms with Gasteiger partial charge in [0.1, 0.15) is 0 Å². The topological polar surface area (TPSA) is 71.1 Å². The molecule has 0 aromatic heterocycles. The molecule has 0 aliphatic carbocycles. The number of benzene rings is 1. The van der Waals surface area contributed by atoms with Crippen molar-refractivity contribution in [2.45, 2.75) is 0 Å². The number of carbonyl (C=O) groups is 2. The standard InChI is InChI=1S/C11H12O6Si/c1-14-18(15-2,16-3)7-4-5-8-9(6-7)11(13)17-10(8)12/h4-6H,1-3H3. The average Bonchev–Trinajstić information content (AvgIpc) is 2.68. The SMILES string of the molecule is CO[Si](OC)(OC)c1ccc2c(c1)C(=O)OC2=O. The highest BCUT2D eigenvalue weighted by molar-refractivity contribution is 6.75. The van der Waals surface area contributed by atoms with Crippen LogP contribution in [0.5, 0.6) is 0 Å². The van der Waals surface area contributed by atoms with E-state index in [0.29, 0.717) is 5.19 Å². The third kappa shape index (κ3) is 1.77. The normalized spacial score (nSPS) is 14.6. The van der Waals surface area contributed by atoms with Crippen LogP contribution in [0, 0.1) is 0 Å². The number of carbonyl (C=O) groups excluding carboxylic acids is 2. The largest absolute Gasteiger partial charge is 0.536 e. The van der Waals surface area contributed by atoms with E-state index < -0.39 is 20.7 Å². The molecule has 0 unspecified atom stereocenters. The molecule has 7 heteroatoms. The van der Waals surface area contributed by atoms with Crippen LogP contribution in [0.1, 0.15) is 20.7 Å². The highest BCUT2D eigenvalue weighted by atomic mass is 28.4. The van der Waals surface area contributed by atoms with Crippen molar-refractivity contribution in [3.05, 3.63) is 29.3 Å². The number of cyclic esters (lactones) is 2. The second-order valence-corrected chi connectivity index (χ2v) is 6.52. The van der Waals surface area contributed by atoms with Gasteiger partial charge in [0.25, 0.3) is 0 Å². The van der Waals surface area contributed by atoms with Crippen molar-refractivity contribution in [1.29, 1.82) is 0 Å². The van der Waals surface area contributed by atoms with Crippen LogP contribution in [0.25, 0.3) is 0 Å². The summed E-state index contributed by atoms with van der Waals surface area (Å²) in [7, 11) is 1.40. The van der Waals surface area contributed by atoms with Crippen molar-refractivity contribution in [3.8, 4) is 0 Å². The second kappa shape index (κ2) is 4.62. The molecule has 96 valence electrons. The van der Waals surface area contributed by atoms with Crippen molar-refractivity contribution in [1.82, 2.24) is 0 Å². The van der Waals surface area contributed by atoms with Gasteiger partial charge >= 0.3 is 20.7 Å². The molecule has 0 saturated carbocycles. The van der Waals surface area contributed by atoms with Crippen LogP contribution in [0.4, 0.5) is 0 Å². The van der Waals surface area contributed by atoms with Gasteiger partial charge in [-0.25, -0.2) is 9.59 Å². The molecule has 2 rings (SSSR count). The van der Waals surface area contributed by atoms with Gasteiger partial charge in [0.2, 0.25) is 0 Å². The molecule has 18 heavy (non-hydrogen) atoms. The first-order valence-electron chi connectivity index (χ1n) is 5.14. The molecule has 0 atom stereocenters. The van der Waals surface area contributed by atoms with E-state index >= 15 is 0 Å². The van der Waals surface area contributed by atoms with Crippen LogP contribution in [0.2, 0.25) is 0 Å². The summed E-state index contributed by atoms with van der Waals surface area (Å²) in [6.07, 6.45) is 0. The van der Waals surface area contributed by atoms with Crippen molar-refractivity contribution in [2.75, 3.05) is 21.3 Å². The maximum atomic E-state index is 11.5. The Bertz CT molecular complexity index is 500. The first kappa shape index (κ1) is 12.9. The quantitative estimate of drug-likeness (QED) is 0.437. The molecular weight excluding hydrogens is 256 g/mol. The molecule has 0 spiro atoms. The van der Waals surface area contributed by atoms with Gasteiger partial charge in [-0.2, -0.15) is 0 Å². The monoisotopic (exact) mass is 268 g/mol. The molecular formula is C11H12O6Si. The number of hydrogen-bond donors (Lipinski definition) is 0. The summed E-state index contributed by atoms with van der Waals surface area (Å²) < 4.78 is 20.4. The van der Waals surface area contributed by atoms with E-state index in [1.165, 1.54) is 33.5 Å². The summed E-state index contributed by atoms with van der Waals surface area (Å²) in [4.78, 5) is 22.8. The fourth-order valence-electron chi connectivity index (χ4n) is 1.88. The van der Waals surface area contributed by atoms with Gasteiger partial charge in [0, 0.05) is 26.5 Å². The highest BCUT2D eigenvalue weighted by Gasteiger charge is 2.42. The molecule has 0 bridgehead atoms. The van der Waals surface area contributed by atoms with Gasteiger partial charge in [-0.15, -0.1) is 0 Å². The van der Waals surface area contributed by atoms with Crippen LogP contribution in [0.3, 0.4) is 0 Å². The van der Waals surface area contributed by atoms with E-state index in [4.69, 9.17) is 13.3 Å². The Kier molecular flexibility index (Phi) is 3.31. The lowest BCUT2D eigenvalue weighted by Gasteiger charge is -2.24. The molecule has 1 aromatic rings. The lowest BCUT2D eigenvalue weighted by molar-refractivity contribution is 0.0444. The number of rotatable bonds is 4. The maximum Gasteiger partial charge on any atom is 0.536 e. The Labute approximate surface area is 105 Å². The van der Waals surface area contributed by atoms with Crippen LogP contribution in [0.15, 0.2) is 18.2 Å². The predicted molar refractivity (Wildman–Crippen MR) is 62.6 cm³/mol. The van der Waals surface area contributed by atoms with E-state index in [2.05, 4.69) is 4.74 Å². The molecule has 0 amide bonds. The van der Waals surface area contributed by atoms with Crippen LogP contribution < -0.4 is 5.19 Å². The molecule has 6 nitrogen and oxygen atoms in total. The number of hydrogen-bond acceptors (Lipinski definition) is 6. The van der Waals surface area contributed by atoms with E-state index in [1.54, 1.807) is 6.07 Å². The maximum absolute atomic E-state index is 11.5. The zero-order valence-electron chi connectivity index (χ0n) is 10.2. The minimum Gasteiger partial charge on any atom is -0.386 e. The highest BCUT2D eigenvalue weighted by Crippen LogP contribution is 2.20. The molecule has 0 radical (unpaired) electrons. The Morgan fingerprint density at radius 3 is 2.06 bits per heavy atom. The molecule has 0 N–H and O–H groups in total. The second-order valence-electron chi connectivity index (χ2n) is 3.61. The number of ether oxygens (including phenoxy) is 1. The molecule has 1 aromatic carbocycles. The van der Waals surface area contributed by atoms with Gasteiger partial charge in [-0.1, -0.05) is 6.07 Å². The Morgan fingerprint density at radius 2 is 1.50 bits per heavy atom. The zero-order valence-corrected chi connectivity index (χ0v) is 11.2. The van der Waals surface area contributed by atoms with Crippen LogP contribution in [-0.2, 0) is 18.0 Å². The van der Waals surface area contributed by atoms with Crippen molar-refractivity contribution >= 4 is 25.9 Å². The summed E-state index contributed by atoms with van der Waals surface area (Å²) >= 11 is 0. The van der Waals surface area contributed by atoms with Gasteiger partial charge in [0.15, 0.2) is 0 Å². The minimum absolute atomic E-state index is 0.209. The zero-order chi connectivity index (χ0) is 13.3. The summed E-state index contributed by atoms with van der Waals surface area (Å²) in [5.74, 6) is -1.30. The lowest BCUT2D eigenvalue weighted by Crippen LogP contribution is -2.54. The van der Waals surface area contributed by atoms with E-state index in [9.17, 15) is 9.59 Å². The lowest BCUT2D eigenvalue weighted by atomic mass is 10.1. The smallest absolute Gasteiger partial charge is 0.386 e. The van der Waals surface area contributed by atoms with Crippen molar-refractivity contribution in [3.63, 3.8) is 0 Å². The summed E-state index contributed by atoms with van der Waals surface area (Å²) in [6.45, 7) is 0. The van der Waals surface area contributed by atoms with Gasteiger partial charge < -0.3 is 18.0 Å². The Morgan fingerprint density at radius 1 is 0.944 bits per heavy atom. The average molecular weight is 268 g/mol. The van der Waals surface area contributed by atoms with E-state index in [-0.39, 0.29) is 11.1 Å². The predicted octanol–water partition coefficient (Wildman–Crippen LogP) is 0.0823. The molecule has 1 aliphatic heterocycles. The van der Waals surface area contributed by atoms with Crippen molar-refractivity contribution in [2.24, 2.45) is 0 Å². The third-order valence-corrected chi connectivity index (χ3v) is 5.44. The number of esters is 2. The van der Waals surface area contributed by atoms with E-state index in [1.807, 2.05) is 0 Å². The minimum atomic E-state index is -3.01. The summed E-state index contributed by atoms with van der Waals surface area (Å²) in [5, 5.41) is 0.598. The molecule has 0 saturated heterocycles. The molecule has 1 heterocycles. The first-order chi connectivity index (χ1) is 8.57. The fourth-order valence-corrected chi connectivity index (χ4v) is 3.69.